The molecule has 5 N–H and O–H groups in total. The van der Waals surface area contributed by atoms with Crippen LogP contribution < -0.4 is 0 Å². The largest absolute Gasteiger partial charge is 0.394 e. The molecule has 0 spiro atoms. The molecule has 0 aromatic heterocycles. The topological polar surface area (TPSA) is 151 Å². The van der Waals surface area contributed by atoms with E-state index in [0.29, 0.717) is 19.4 Å². The summed E-state index contributed by atoms with van der Waals surface area (Å²) in [6.07, 6.45) is -3.13. The van der Waals surface area contributed by atoms with Gasteiger partial charge in [-0.15, -0.1) is 0 Å². The zero-order valence-corrected chi connectivity index (χ0v) is 16.9. The van der Waals surface area contributed by atoms with Gasteiger partial charge in [0.15, 0.2) is 0 Å². The second-order valence-electron chi connectivity index (χ2n) is 7.92. The van der Waals surface area contributed by atoms with Gasteiger partial charge >= 0.3 is 0 Å². The van der Waals surface area contributed by atoms with E-state index in [9.17, 15) is 35.1 Å². The van der Waals surface area contributed by atoms with Gasteiger partial charge in [0.2, 0.25) is 11.8 Å². The minimum atomic E-state index is -1.51. The summed E-state index contributed by atoms with van der Waals surface area (Å²) in [7, 11) is 0. The van der Waals surface area contributed by atoms with E-state index in [0.717, 1.165) is 12.8 Å². The van der Waals surface area contributed by atoms with Gasteiger partial charge in [-0.3, -0.25) is 9.59 Å². The highest BCUT2D eigenvalue weighted by atomic mass is 16.5. The van der Waals surface area contributed by atoms with Crippen LogP contribution in [0.4, 0.5) is 0 Å². The molecular weight excluding hydrogens is 384 g/mol. The molecule has 10 heteroatoms. The van der Waals surface area contributed by atoms with E-state index in [-0.39, 0.29) is 37.9 Å². The van der Waals surface area contributed by atoms with Crippen LogP contribution in [-0.2, 0) is 14.3 Å². The third-order valence-electron chi connectivity index (χ3n) is 5.62. The summed E-state index contributed by atoms with van der Waals surface area (Å²) >= 11 is 0. The Hall–Kier alpha value is -1.30. The van der Waals surface area contributed by atoms with Gasteiger partial charge in [-0.1, -0.05) is 12.8 Å². The normalized spacial score (nSPS) is 33.7. The van der Waals surface area contributed by atoms with Crippen LogP contribution in [0.15, 0.2) is 0 Å². The molecule has 0 radical (unpaired) electrons. The number of carbonyl (C=O) groups is 2. The molecule has 2 amide bonds. The van der Waals surface area contributed by atoms with Crippen molar-refractivity contribution in [2.75, 3.05) is 32.8 Å². The number of carbonyl (C=O) groups excluding carboxylic acids is 2. The SMILES string of the molecule is CC(=O)N1C[C@H](O)C[C@H]1C(=O)N1CCCCCCO[C@H]([C@H](O)CO)[C@H](O)[C@@H](O)C1. The quantitative estimate of drug-likeness (QED) is 0.347. The zero-order valence-electron chi connectivity index (χ0n) is 16.9. The highest BCUT2D eigenvalue weighted by Crippen LogP contribution is 2.22. The molecule has 0 unspecified atom stereocenters. The zero-order chi connectivity index (χ0) is 21.6. The van der Waals surface area contributed by atoms with Crippen LogP contribution >= 0.6 is 0 Å². The average Bonchev–Trinajstić information content (AvgIpc) is 3.08. The van der Waals surface area contributed by atoms with Gasteiger partial charge in [0.25, 0.3) is 0 Å². The third-order valence-corrected chi connectivity index (χ3v) is 5.62. The molecule has 0 saturated carbocycles. The Morgan fingerprint density at radius 2 is 1.79 bits per heavy atom. The summed E-state index contributed by atoms with van der Waals surface area (Å²) in [6, 6.07) is -0.810. The number of rotatable bonds is 3. The van der Waals surface area contributed by atoms with Gasteiger partial charge in [0.1, 0.15) is 30.5 Å². The molecule has 2 saturated heterocycles. The maximum absolute atomic E-state index is 13.1. The molecule has 6 atom stereocenters. The summed E-state index contributed by atoms with van der Waals surface area (Å²) < 4.78 is 5.50. The number of amides is 2. The van der Waals surface area contributed by atoms with E-state index in [2.05, 4.69) is 0 Å². The number of hydrogen-bond acceptors (Lipinski definition) is 8. The van der Waals surface area contributed by atoms with Crippen molar-refractivity contribution >= 4 is 11.8 Å². The molecule has 2 aliphatic heterocycles. The molecule has 29 heavy (non-hydrogen) atoms. The van der Waals surface area contributed by atoms with Crippen LogP contribution in [0.2, 0.25) is 0 Å². The molecule has 2 aliphatic rings. The van der Waals surface area contributed by atoms with Crippen LogP contribution in [-0.4, -0.2) is 117 Å². The number of aliphatic hydroxyl groups excluding tert-OH is 5. The minimum Gasteiger partial charge on any atom is -0.394 e. The van der Waals surface area contributed by atoms with Crippen molar-refractivity contribution in [1.29, 1.82) is 0 Å². The highest BCUT2D eigenvalue weighted by molar-refractivity contribution is 5.87. The number of β-amino-alcohol motifs (C(OH)–C–C–N with tert-alkyl or cyclic N) is 2. The van der Waals surface area contributed by atoms with Gasteiger partial charge in [-0.25, -0.2) is 0 Å². The predicted molar refractivity (Wildman–Crippen MR) is 102 cm³/mol. The molecule has 10 nitrogen and oxygen atoms in total. The van der Waals surface area contributed by atoms with Crippen molar-refractivity contribution in [3.63, 3.8) is 0 Å². The van der Waals surface area contributed by atoms with Gasteiger partial charge in [0.05, 0.1) is 12.7 Å². The standard InChI is InChI=1S/C19H34N2O8/c1-12(23)21-9-13(24)8-14(21)19(28)20-6-4-2-3-5-7-29-18(16(26)11-22)17(27)15(25)10-20/h13-18,22,24-27H,2-11H2,1H3/t13-,14+,15+,16-,17-,18-/m1/s1. The first kappa shape index (κ1) is 24.0. The predicted octanol–water partition coefficient (Wildman–Crippen LogP) is -2.17. The lowest BCUT2D eigenvalue weighted by Gasteiger charge is -2.35. The summed E-state index contributed by atoms with van der Waals surface area (Å²) in [5.41, 5.74) is 0. The molecule has 0 bridgehead atoms. The summed E-state index contributed by atoms with van der Waals surface area (Å²) in [6.45, 7) is 1.20. The first-order valence-electron chi connectivity index (χ1n) is 10.3. The second kappa shape index (κ2) is 11.2. The van der Waals surface area contributed by atoms with Crippen molar-refractivity contribution in [3.05, 3.63) is 0 Å². The highest BCUT2D eigenvalue weighted by Gasteiger charge is 2.41. The van der Waals surface area contributed by atoms with E-state index in [1.54, 1.807) is 0 Å². The van der Waals surface area contributed by atoms with Crippen molar-refractivity contribution in [3.8, 4) is 0 Å². The number of aliphatic hydroxyl groups is 5. The van der Waals surface area contributed by atoms with E-state index in [4.69, 9.17) is 4.74 Å². The van der Waals surface area contributed by atoms with E-state index in [1.165, 1.54) is 16.7 Å². The lowest BCUT2D eigenvalue weighted by Crippen LogP contribution is -2.54. The molecular formula is C19H34N2O8. The fourth-order valence-corrected chi connectivity index (χ4v) is 3.97. The Labute approximate surface area is 170 Å². The van der Waals surface area contributed by atoms with Crippen molar-refractivity contribution < 1.29 is 39.9 Å². The second-order valence-corrected chi connectivity index (χ2v) is 7.92. The Balaban J connectivity index is 2.16. The first-order valence-corrected chi connectivity index (χ1v) is 10.3. The smallest absolute Gasteiger partial charge is 0.245 e. The summed E-state index contributed by atoms with van der Waals surface area (Å²) in [5, 5.41) is 50.1. The maximum Gasteiger partial charge on any atom is 0.245 e. The number of ether oxygens (including phenoxy) is 1. The van der Waals surface area contributed by atoms with E-state index < -0.39 is 43.2 Å². The molecule has 0 aliphatic carbocycles. The number of hydrogen-bond donors (Lipinski definition) is 5. The molecule has 168 valence electrons. The van der Waals surface area contributed by atoms with Crippen LogP contribution in [0, 0.1) is 0 Å². The maximum atomic E-state index is 13.1. The van der Waals surface area contributed by atoms with Crippen LogP contribution in [0.5, 0.6) is 0 Å². The van der Waals surface area contributed by atoms with Gasteiger partial charge in [-0.2, -0.15) is 0 Å². The summed E-state index contributed by atoms with van der Waals surface area (Å²) in [4.78, 5) is 27.7. The third kappa shape index (κ3) is 6.34. The molecule has 0 aromatic rings. The average molecular weight is 418 g/mol. The Kier molecular flexibility index (Phi) is 9.25. The van der Waals surface area contributed by atoms with Crippen molar-refractivity contribution in [2.45, 2.75) is 75.6 Å². The van der Waals surface area contributed by atoms with Crippen LogP contribution in [0.3, 0.4) is 0 Å². The van der Waals surface area contributed by atoms with Crippen LogP contribution in [0.25, 0.3) is 0 Å². The molecule has 2 heterocycles. The molecule has 0 aromatic carbocycles. The molecule has 2 rings (SSSR count). The lowest BCUT2D eigenvalue weighted by atomic mass is 10.0. The van der Waals surface area contributed by atoms with Gasteiger partial charge < -0.3 is 40.1 Å². The van der Waals surface area contributed by atoms with Crippen molar-refractivity contribution in [1.82, 2.24) is 9.80 Å². The first-order chi connectivity index (χ1) is 13.8. The number of nitrogens with zero attached hydrogens (tertiary/aromatic N) is 2. The van der Waals surface area contributed by atoms with Crippen LogP contribution in [0.1, 0.15) is 39.0 Å². The van der Waals surface area contributed by atoms with Crippen molar-refractivity contribution in [2.24, 2.45) is 0 Å². The van der Waals surface area contributed by atoms with E-state index >= 15 is 0 Å². The lowest BCUT2D eigenvalue weighted by molar-refractivity contribution is -0.155. The fourth-order valence-electron chi connectivity index (χ4n) is 3.97. The summed E-state index contributed by atoms with van der Waals surface area (Å²) in [5.74, 6) is -0.699. The molecule has 2 fully saturated rings. The fraction of sp³-hybridized carbons (Fsp3) is 0.895. The van der Waals surface area contributed by atoms with Gasteiger partial charge in [0, 0.05) is 39.6 Å². The van der Waals surface area contributed by atoms with Gasteiger partial charge in [-0.05, 0) is 12.8 Å². The monoisotopic (exact) mass is 418 g/mol. The Morgan fingerprint density at radius 3 is 2.45 bits per heavy atom. The van der Waals surface area contributed by atoms with E-state index in [1.807, 2.05) is 0 Å². The Bertz CT molecular complexity index is 548. The minimum absolute atomic E-state index is 0.0867. The Morgan fingerprint density at radius 1 is 1.10 bits per heavy atom. The number of likely N-dealkylation sites (tertiary alicyclic amines) is 1.